The number of rotatable bonds is 2. The number of carbonyl (C=O) groups excluding carboxylic acids is 3. The van der Waals surface area contributed by atoms with E-state index in [4.69, 9.17) is 5.73 Å². The molecule has 90 valence electrons. The smallest absolute Gasteiger partial charge is 0.278 e. The summed E-state index contributed by atoms with van der Waals surface area (Å²) >= 11 is 0. The summed E-state index contributed by atoms with van der Waals surface area (Å²) in [5.74, 6) is -1.71. The molecule has 0 aromatic carbocycles. The zero-order valence-corrected chi connectivity index (χ0v) is 8.84. The predicted octanol–water partition coefficient (Wildman–Crippen LogP) is -1.86. The largest absolute Gasteiger partial charge is 0.379 e. The number of amides is 3. The van der Waals surface area contributed by atoms with Gasteiger partial charge in [0.2, 0.25) is 17.4 Å². The molecular weight excluding hydrogens is 230 g/mol. The molecule has 2 heterocycles. The summed E-state index contributed by atoms with van der Waals surface area (Å²) in [7, 11) is 1.35. The number of likely N-dealkylation sites (N-methyl/N-ethyl adjacent to an activating group) is 1. The van der Waals surface area contributed by atoms with Crippen molar-refractivity contribution in [1.82, 2.24) is 20.5 Å². The second kappa shape index (κ2) is 3.85. The van der Waals surface area contributed by atoms with Crippen molar-refractivity contribution in [3.8, 4) is 0 Å². The van der Waals surface area contributed by atoms with Gasteiger partial charge in [-0.1, -0.05) is 0 Å². The second-order valence-corrected chi connectivity index (χ2v) is 3.52. The van der Waals surface area contributed by atoms with Crippen LogP contribution in [0.15, 0.2) is 4.63 Å². The molecule has 2 rings (SSSR count). The zero-order chi connectivity index (χ0) is 12.6. The molecule has 1 aliphatic heterocycles. The van der Waals surface area contributed by atoms with Gasteiger partial charge in [0.05, 0.1) is 6.42 Å². The van der Waals surface area contributed by atoms with E-state index < -0.39 is 17.9 Å². The molecule has 1 saturated heterocycles. The van der Waals surface area contributed by atoms with E-state index in [-0.39, 0.29) is 23.8 Å². The van der Waals surface area contributed by atoms with E-state index in [0.717, 1.165) is 4.90 Å². The lowest BCUT2D eigenvalue weighted by atomic mass is 10.2. The van der Waals surface area contributed by atoms with Gasteiger partial charge in [-0.15, -0.1) is 0 Å². The predicted molar refractivity (Wildman–Crippen MR) is 52.4 cm³/mol. The van der Waals surface area contributed by atoms with Gasteiger partial charge in [0, 0.05) is 7.05 Å². The van der Waals surface area contributed by atoms with Crippen LogP contribution < -0.4 is 11.1 Å². The molecule has 1 aliphatic rings. The molecule has 9 nitrogen and oxygen atoms in total. The zero-order valence-electron chi connectivity index (χ0n) is 8.84. The van der Waals surface area contributed by atoms with E-state index in [2.05, 4.69) is 20.3 Å². The molecule has 9 heteroatoms. The van der Waals surface area contributed by atoms with E-state index in [1.165, 1.54) is 7.05 Å². The minimum absolute atomic E-state index is 0.0771. The van der Waals surface area contributed by atoms with Gasteiger partial charge in [0.15, 0.2) is 0 Å². The molecule has 0 aliphatic carbocycles. The first-order valence-corrected chi connectivity index (χ1v) is 4.70. The maximum atomic E-state index is 11.6. The van der Waals surface area contributed by atoms with Crippen molar-refractivity contribution < 1.29 is 19.0 Å². The molecule has 0 bridgehead atoms. The molecule has 0 saturated carbocycles. The Hall–Kier alpha value is -2.45. The summed E-state index contributed by atoms with van der Waals surface area (Å²) in [6, 6.07) is -0.893. The monoisotopic (exact) mass is 239 g/mol. The van der Waals surface area contributed by atoms with Gasteiger partial charge < -0.3 is 11.1 Å². The molecule has 1 aromatic rings. The van der Waals surface area contributed by atoms with E-state index in [1.54, 1.807) is 0 Å². The maximum absolute atomic E-state index is 11.6. The number of imide groups is 1. The molecule has 3 amide bonds. The molecule has 3 N–H and O–H groups in total. The number of nitrogen functional groups attached to an aromatic ring is 1. The lowest BCUT2D eigenvalue weighted by Gasteiger charge is -2.09. The highest BCUT2D eigenvalue weighted by molar-refractivity contribution is 6.08. The van der Waals surface area contributed by atoms with Crippen molar-refractivity contribution in [3.05, 3.63) is 5.69 Å². The number of aromatic nitrogens is 2. The number of nitrogens with two attached hydrogens (primary N) is 1. The third-order valence-corrected chi connectivity index (χ3v) is 2.42. The summed E-state index contributed by atoms with van der Waals surface area (Å²) in [6.07, 6.45) is -0.0771. The van der Waals surface area contributed by atoms with E-state index in [1.807, 2.05) is 0 Å². The van der Waals surface area contributed by atoms with E-state index in [0.29, 0.717) is 0 Å². The van der Waals surface area contributed by atoms with Crippen molar-refractivity contribution in [3.63, 3.8) is 0 Å². The number of carbonyl (C=O) groups is 3. The van der Waals surface area contributed by atoms with Crippen molar-refractivity contribution >= 4 is 23.5 Å². The van der Waals surface area contributed by atoms with Crippen LogP contribution in [0.1, 0.15) is 16.9 Å². The van der Waals surface area contributed by atoms with Gasteiger partial charge in [0.25, 0.3) is 11.8 Å². The molecule has 0 spiro atoms. The Balaban J connectivity index is 2.08. The third-order valence-electron chi connectivity index (χ3n) is 2.42. The minimum atomic E-state index is -0.893. The molecule has 1 unspecified atom stereocenters. The summed E-state index contributed by atoms with van der Waals surface area (Å²) < 4.78 is 4.25. The summed E-state index contributed by atoms with van der Waals surface area (Å²) in [5.41, 5.74) is 5.11. The average molecular weight is 239 g/mol. The number of nitrogens with one attached hydrogen (secondary N) is 1. The molecule has 1 atom stereocenters. The van der Waals surface area contributed by atoms with Crippen LogP contribution in [0.3, 0.4) is 0 Å². The Morgan fingerprint density at radius 3 is 2.71 bits per heavy atom. The van der Waals surface area contributed by atoms with Crippen LogP contribution in [0.25, 0.3) is 0 Å². The van der Waals surface area contributed by atoms with Crippen molar-refractivity contribution in [2.75, 3.05) is 12.8 Å². The van der Waals surface area contributed by atoms with Gasteiger partial charge in [-0.3, -0.25) is 19.3 Å². The highest BCUT2D eigenvalue weighted by Gasteiger charge is 2.37. The number of nitrogens with zero attached hydrogens (tertiary/aromatic N) is 3. The van der Waals surface area contributed by atoms with Crippen LogP contribution in [0.2, 0.25) is 0 Å². The van der Waals surface area contributed by atoms with Crippen LogP contribution in [0, 0.1) is 0 Å². The number of likely N-dealkylation sites (tertiary alicyclic amines) is 1. The third kappa shape index (κ3) is 1.82. The van der Waals surface area contributed by atoms with Crippen LogP contribution in [0.5, 0.6) is 0 Å². The van der Waals surface area contributed by atoms with Crippen molar-refractivity contribution in [2.45, 2.75) is 12.5 Å². The van der Waals surface area contributed by atoms with Gasteiger partial charge in [-0.2, -0.15) is 0 Å². The fourth-order valence-corrected chi connectivity index (χ4v) is 1.45. The molecule has 0 radical (unpaired) electrons. The van der Waals surface area contributed by atoms with Crippen LogP contribution >= 0.6 is 0 Å². The first kappa shape index (κ1) is 11.0. The lowest BCUT2D eigenvalue weighted by Crippen LogP contribution is -2.41. The molecular formula is C8H9N5O4. The Morgan fingerprint density at radius 2 is 2.24 bits per heavy atom. The first-order valence-electron chi connectivity index (χ1n) is 4.70. The topological polar surface area (TPSA) is 131 Å². The Bertz CT molecular complexity index is 496. The Labute approximate surface area is 94.9 Å². The maximum Gasteiger partial charge on any atom is 0.278 e. The summed E-state index contributed by atoms with van der Waals surface area (Å²) in [4.78, 5) is 35.3. The van der Waals surface area contributed by atoms with E-state index in [9.17, 15) is 14.4 Å². The van der Waals surface area contributed by atoms with Crippen LogP contribution in [-0.4, -0.2) is 46.0 Å². The van der Waals surface area contributed by atoms with Gasteiger partial charge in [-0.05, 0) is 10.3 Å². The number of hydrogen-bond donors (Lipinski definition) is 2. The van der Waals surface area contributed by atoms with Crippen LogP contribution in [-0.2, 0) is 9.59 Å². The van der Waals surface area contributed by atoms with Crippen molar-refractivity contribution in [2.24, 2.45) is 0 Å². The SMILES string of the molecule is CN1C(=O)CC(NC(=O)c2nonc2N)C1=O. The fourth-order valence-electron chi connectivity index (χ4n) is 1.45. The minimum Gasteiger partial charge on any atom is -0.379 e. The van der Waals surface area contributed by atoms with Gasteiger partial charge >= 0.3 is 0 Å². The Kier molecular flexibility index (Phi) is 2.50. The normalized spacial score (nSPS) is 19.8. The van der Waals surface area contributed by atoms with Crippen LogP contribution in [0.4, 0.5) is 5.82 Å². The summed E-state index contributed by atoms with van der Waals surface area (Å²) in [5, 5.41) is 8.86. The highest BCUT2D eigenvalue weighted by Crippen LogP contribution is 2.12. The van der Waals surface area contributed by atoms with Gasteiger partial charge in [-0.25, -0.2) is 4.63 Å². The van der Waals surface area contributed by atoms with E-state index >= 15 is 0 Å². The lowest BCUT2D eigenvalue weighted by molar-refractivity contribution is -0.137. The number of anilines is 1. The van der Waals surface area contributed by atoms with Crippen molar-refractivity contribution in [1.29, 1.82) is 0 Å². The standard InChI is InChI=1S/C8H9N5O4/c1-13-4(14)2-3(8(13)16)10-7(15)5-6(9)12-17-11-5/h3H,2H2,1H3,(H2,9,12)(H,10,15). The summed E-state index contributed by atoms with van der Waals surface area (Å²) in [6.45, 7) is 0. The Morgan fingerprint density at radius 1 is 1.53 bits per heavy atom. The van der Waals surface area contributed by atoms with Gasteiger partial charge in [0.1, 0.15) is 6.04 Å². The second-order valence-electron chi connectivity index (χ2n) is 3.52. The molecule has 17 heavy (non-hydrogen) atoms. The molecule has 1 aromatic heterocycles. The first-order chi connectivity index (χ1) is 8.00. The fraction of sp³-hybridized carbons (Fsp3) is 0.375. The average Bonchev–Trinajstić information content (AvgIpc) is 2.80. The molecule has 1 fully saturated rings. The quantitative estimate of drug-likeness (QED) is 0.578. The highest BCUT2D eigenvalue weighted by atomic mass is 16.6. The number of hydrogen-bond acceptors (Lipinski definition) is 7.